The molecule has 1 heterocycles. The molecule has 25 heavy (non-hydrogen) atoms. The van der Waals surface area contributed by atoms with Crippen molar-refractivity contribution < 1.29 is 19.1 Å². The van der Waals surface area contributed by atoms with Crippen LogP contribution in [0.4, 0.5) is 10.1 Å². The number of anilines is 1. The molecule has 2 N–H and O–H groups in total. The molecule has 1 aromatic carbocycles. The lowest BCUT2D eigenvalue weighted by atomic mass is 9.82. The van der Waals surface area contributed by atoms with Crippen molar-refractivity contribution in [3.63, 3.8) is 0 Å². The number of amides is 2. The van der Waals surface area contributed by atoms with Crippen molar-refractivity contribution in [1.82, 2.24) is 5.32 Å². The summed E-state index contributed by atoms with van der Waals surface area (Å²) in [4.78, 5) is 26.4. The molecular weight excluding hydrogens is 323 g/mol. The molecule has 2 amide bonds. The van der Waals surface area contributed by atoms with Crippen molar-refractivity contribution >= 4 is 17.5 Å². The molecule has 2 aliphatic rings. The van der Waals surface area contributed by atoms with Crippen molar-refractivity contribution in [2.75, 3.05) is 11.4 Å². The summed E-state index contributed by atoms with van der Waals surface area (Å²) in [7, 11) is 0. The van der Waals surface area contributed by atoms with Gasteiger partial charge in [-0.25, -0.2) is 4.39 Å². The van der Waals surface area contributed by atoms with E-state index in [0.717, 1.165) is 19.3 Å². The van der Waals surface area contributed by atoms with E-state index in [9.17, 15) is 19.1 Å². The third-order valence-electron chi connectivity index (χ3n) is 5.19. The minimum Gasteiger partial charge on any atom is -0.389 e. The number of carbonyl (C=O) groups is 2. The predicted octanol–water partition coefficient (Wildman–Crippen LogP) is 2.52. The van der Waals surface area contributed by atoms with Crippen LogP contribution in [0.3, 0.4) is 0 Å². The average Bonchev–Trinajstić information content (AvgIpc) is 2.58. The molecule has 2 fully saturated rings. The van der Waals surface area contributed by atoms with Gasteiger partial charge in [-0.05, 0) is 37.8 Å². The Kier molecular flexibility index (Phi) is 5.37. The van der Waals surface area contributed by atoms with Gasteiger partial charge in [-0.2, -0.15) is 0 Å². The number of carbonyl (C=O) groups excluding carboxylic acids is 2. The summed E-state index contributed by atoms with van der Waals surface area (Å²) >= 11 is 0. The van der Waals surface area contributed by atoms with Crippen molar-refractivity contribution in [3.05, 3.63) is 30.1 Å². The Morgan fingerprint density at radius 1 is 1.24 bits per heavy atom. The zero-order chi connectivity index (χ0) is 17.9. The number of benzene rings is 1. The SMILES string of the molecule is O=C(CC1(O)CCCCC1)NC1CCCN(c2ccccc2F)C1=O. The average molecular weight is 348 g/mol. The van der Waals surface area contributed by atoms with Crippen molar-refractivity contribution in [3.8, 4) is 0 Å². The lowest BCUT2D eigenvalue weighted by molar-refractivity contribution is -0.132. The molecule has 0 aromatic heterocycles. The number of rotatable bonds is 4. The molecule has 0 spiro atoms. The summed E-state index contributed by atoms with van der Waals surface area (Å²) in [5, 5.41) is 13.2. The zero-order valence-corrected chi connectivity index (χ0v) is 14.3. The largest absolute Gasteiger partial charge is 0.389 e. The fraction of sp³-hybridized carbons (Fsp3) is 0.579. The van der Waals surface area contributed by atoms with Gasteiger partial charge in [0.1, 0.15) is 11.9 Å². The Morgan fingerprint density at radius 3 is 2.68 bits per heavy atom. The van der Waals surface area contributed by atoms with E-state index >= 15 is 0 Å². The summed E-state index contributed by atoms with van der Waals surface area (Å²) in [5.41, 5.74) is -0.706. The van der Waals surface area contributed by atoms with Crippen LogP contribution >= 0.6 is 0 Å². The third-order valence-corrected chi connectivity index (χ3v) is 5.19. The van der Waals surface area contributed by atoms with E-state index in [2.05, 4.69) is 5.32 Å². The maximum absolute atomic E-state index is 14.0. The molecule has 1 saturated carbocycles. The lowest BCUT2D eigenvalue weighted by Crippen LogP contribution is -2.53. The molecule has 5 nitrogen and oxygen atoms in total. The molecular formula is C19H25FN2O3. The predicted molar refractivity (Wildman–Crippen MR) is 92.6 cm³/mol. The van der Waals surface area contributed by atoms with Gasteiger partial charge < -0.3 is 15.3 Å². The van der Waals surface area contributed by atoms with Gasteiger partial charge in [-0.3, -0.25) is 9.59 Å². The molecule has 0 bridgehead atoms. The van der Waals surface area contributed by atoms with E-state index in [1.54, 1.807) is 18.2 Å². The van der Waals surface area contributed by atoms with Gasteiger partial charge in [-0.1, -0.05) is 31.4 Å². The number of nitrogens with one attached hydrogen (secondary N) is 1. The second kappa shape index (κ2) is 7.52. The van der Waals surface area contributed by atoms with Crippen LogP contribution in [0.25, 0.3) is 0 Å². The maximum Gasteiger partial charge on any atom is 0.249 e. The van der Waals surface area contributed by atoms with E-state index in [1.807, 2.05) is 0 Å². The van der Waals surface area contributed by atoms with Crippen LogP contribution in [0.15, 0.2) is 24.3 Å². The maximum atomic E-state index is 14.0. The molecule has 6 heteroatoms. The van der Waals surface area contributed by atoms with E-state index in [4.69, 9.17) is 0 Å². The van der Waals surface area contributed by atoms with Crippen LogP contribution in [-0.4, -0.2) is 35.1 Å². The van der Waals surface area contributed by atoms with E-state index in [1.165, 1.54) is 11.0 Å². The zero-order valence-electron chi connectivity index (χ0n) is 14.3. The van der Waals surface area contributed by atoms with Crippen LogP contribution in [-0.2, 0) is 9.59 Å². The van der Waals surface area contributed by atoms with Gasteiger partial charge in [-0.15, -0.1) is 0 Å². The summed E-state index contributed by atoms with van der Waals surface area (Å²) in [6.45, 7) is 0.441. The lowest BCUT2D eigenvalue weighted by Gasteiger charge is -2.34. The van der Waals surface area contributed by atoms with Crippen molar-refractivity contribution in [2.45, 2.75) is 63.0 Å². The van der Waals surface area contributed by atoms with Gasteiger partial charge in [0.25, 0.3) is 0 Å². The number of hydrogen-bond acceptors (Lipinski definition) is 3. The standard InChI is InChI=1S/C19H25FN2O3/c20-14-7-2-3-9-16(14)22-12-6-8-15(18(22)24)21-17(23)13-19(25)10-4-1-5-11-19/h2-3,7,9,15,25H,1,4-6,8,10-13H2,(H,21,23). The second-order valence-corrected chi connectivity index (χ2v) is 7.17. The number of halogens is 1. The Balaban J connectivity index is 1.63. The van der Waals surface area contributed by atoms with Gasteiger partial charge in [0.05, 0.1) is 17.7 Å². The molecule has 136 valence electrons. The molecule has 3 rings (SSSR count). The number of para-hydroxylation sites is 1. The van der Waals surface area contributed by atoms with Crippen molar-refractivity contribution in [1.29, 1.82) is 0 Å². The minimum atomic E-state index is -0.953. The van der Waals surface area contributed by atoms with Crippen LogP contribution in [0.1, 0.15) is 51.4 Å². The van der Waals surface area contributed by atoms with Crippen LogP contribution < -0.4 is 10.2 Å². The van der Waals surface area contributed by atoms with E-state index < -0.39 is 17.5 Å². The Hall–Kier alpha value is -1.95. The Bertz CT molecular complexity index is 643. The molecule has 1 aromatic rings. The van der Waals surface area contributed by atoms with E-state index in [0.29, 0.717) is 32.2 Å². The first-order chi connectivity index (χ1) is 12.0. The first kappa shape index (κ1) is 17.9. The highest BCUT2D eigenvalue weighted by Crippen LogP contribution is 2.31. The fourth-order valence-electron chi connectivity index (χ4n) is 3.85. The van der Waals surface area contributed by atoms with Gasteiger partial charge in [0, 0.05) is 6.54 Å². The van der Waals surface area contributed by atoms with Gasteiger partial charge >= 0.3 is 0 Å². The fourth-order valence-corrected chi connectivity index (χ4v) is 3.85. The normalized spacial score (nSPS) is 23.4. The van der Waals surface area contributed by atoms with Crippen LogP contribution in [0.2, 0.25) is 0 Å². The smallest absolute Gasteiger partial charge is 0.249 e. The summed E-state index contributed by atoms with van der Waals surface area (Å²) in [6.07, 6.45) is 5.43. The monoisotopic (exact) mass is 348 g/mol. The molecule has 1 aliphatic heterocycles. The number of piperidine rings is 1. The highest BCUT2D eigenvalue weighted by atomic mass is 19.1. The molecule has 1 saturated heterocycles. The second-order valence-electron chi connectivity index (χ2n) is 7.17. The summed E-state index contributed by atoms with van der Waals surface area (Å²) < 4.78 is 14.0. The first-order valence-corrected chi connectivity index (χ1v) is 9.06. The van der Waals surface area contributed by atoms with Crippen molar-refractivity contribution in [2.24, 2.45) is 0 Å². The van der Waals surface area contributed by atoms with Crippen LogP contribution in [0, 0.1) is 5.82 Å². The number of aliphatic hydroxyl groups is 1. The topological polar surface area (TPSA) is 69.6 Å². The number of hydrogen-bond donors (Lipinski definition) is 2. The minimum absolute atomic E-state index is 0.0243. The Morgan fingerprint density at radius 2 is 1.96 bits per heavy atom. The molecule has 1 unspecified atom stereocenters. The number of nitrogens with zero attached hydrogens (tertiary/aromatic N) is 1. The van der Waals surface area contributed by atoms with Gasteiger partial charge in [0.2, 0.25) is 11.8 Å². The van der Waals surface area contributed by atoms with Crippen LogP contribution in [0.5, 0.6) is 0 Å². The first-order valence-electron chi connectivity index (χ1n) is 9.06. The highest BCUT2D eigenvalue weighted by molar-refractivity contribution is 6.00. The quantitative estimate of drug-likeness (QED) is 0.878. The molecule has 1 atom stereocenters. The summed E-state index contributed by atoms with van der Waals surface area (Å²) in [5.74, 6) is -1.04. The Labute approximate surface area is 147 Å². The molecule has 0 radical (unpaired) electrons. The highest BCUT2D eigenvalue weighted by Gasteiger charge is 2.35. The summed E-state index contributed by atoms with van der Waals surface area (Å²) in [6, 6.07) is 5.50. The third kappa shape index (κ3) is 4.18. The molecule has 1 aliphatic carbocycles. The van der Waals surface area contributed by atoms with Gasteiger partial charge in [0.15, 0.2) is 0 Å². The van der Waals surface area contributed by atoms with E-state index in [-0.39, 0.29) is 23.9 Å².